The van der Waals surface area contributed by atoms with Crippen molar-refractivity contribution in [3.63, 3.8) is 0 Å². The fourth-order valence-electron chi connectivity index (χ4n) is 1.79. The van der Waals surface area contributed by atoms with Crippen LogP contribution in [0.5, 0.6) is 0 Å². The van der Waals surface area contributed by atoms with Crippen LogP contribution in [0.3, 0.4) is 0 Å². The number of aliphatic hydroxyl groups is 1. The van der Waals surface area contributed by atoms with Gasteiger partial charge < -0.3 is 20.9 Å². The van der Waals surface area contributed by atoms with E-state index in [9.17, 15) is 18.3 Å². The van der Waals surface area contributed by atoms with Gasteiger partial charge >= 0.3 is 6.18 Å². The molecule has 1 saturated heterocycles. The molecule has 1 unspecified atom stereocenters. The van der Waals surface area contributed by atoms with Crippen LogP contribution >= 0.6 is 0 Å². The molecule has 1 aliphatic heterocycles. The lowest BCUT2D eigenvalue weighted by atomic mass is 10.0. The maximum Gasteiger partial charge on any atom is 0.400 e. The van der Waals surface area contributed by atoms with E-state index in [2.05, 4.69) is 5.16 Å². The highest BCUT2D eigenvalue weighted by Crippen LogP contribution is 2.28. The maximum atomic E-state index is 12.6. The van der Waals surface area contributed by atoms with Gasteiger partial charge in [0.15, 0.2) is 5.84 Å². The molecule has 17 heavy (non-hydrogen) atoms. The van der Waals surface area contributed by atoms with Crippen molar-refractivity contribution < 1.29 is 23.5 Å². The molecule has 0 spiro atoms. The number of piperidine rings is 1. The number of amidine groups is 1. The molecule has 100 valence electrons. The highest BCUT2D eigenvalue weighted by Gasteiger charge is 2.43. The molecule has 0 aromatic heterocycles. The van der Waals surface area contributed by atoms with Crippen LogP contribution in [0.4, 0.5) is 13.2 Å². The van der Waals surface area contributed by atoms with Gasteiger partial charge in [-0.1, -0.05) is 5.16 Å². The average Bonchev–Trinajstić information content (AvgIpc) is 2.25. The first-order valence-corrected chi connectivity index (χ1v) is 5.29. The summed E-state index contributed by atoms with van der Waals surface area (Å²) in [7, 11) is 0. The summed E-state index contributed by atoms with van der Waals surface area (Å²) in [4.78, 5) is 1.56. The van der Waals surface area contributed by atoms with Crippen LogP contribution in [0.2, 0.25) is 0 Å². The Kier molecular flexibility index (Phi) is 4.58. The van der Waals surface area contributed by atoms with Gasteiger partial charge in [-0.15, -0.1) is 0 Å². The van der Waals surface area contributed by atoms with E-state index in [1.54, 1.807) is 4.90 Å². The Labute approximate surface area is 96.7 Å². The molecule has 1 fully saturated rings. The van der Waals surface area contributed by atoms with E-state index in [1.165, 1.54) is 0 Å². The third kappa shape index (κ3) is 4.04. The zero-order valence-corrected chi connectivity index (χ0v) is 9.19. The number of nitrogens with zero attached hydrogens (tertiary/aromatic N) is 2. The zero-order valence-electron chi connectivity index (χ0n) is 9.19. The standard InChI is InChI=1S/C9H16F3N3O2/c10-9(11,12)7(8(13)14-17)5-15-3-1-6(16)2-4-15/h6-7,16-17H,1-5H2,(H2,13,14). The van der Waals surface area contributed by atoms with Crippen LogP contribution in [-0.4, -0.2) is 53.0 Å². The largest absolute Gasteiger partial charge is 0.409 e. The summed E-state index contributed by atoms with van der Waals surface area (Å²) in [6, 6.07) is 0. The van der Waals surface area contributed by atoms with Gasteiger partial charge in [-0.25, -0.2) is 0 Å². The van der Waals surface area contributed by atoms with Crippen LogP contribution < -0.4 is 5.73 Å². The SMILES string of the molecule is NC(=NO)C(CN1CCC(O)CC1)C(F)(F)F. The average molecular weight is 255 g/mol. The second-order valence-electron chi connectivity index (χ2n) is 4.15. The van der Waals surface area contributed by atoms with E-state index in [4.69, 9.17) is 10.9 Å². The van der Waals surface area contributed by atoms with Gasteiger partial charge in [-0.3, -0.25) is 0 Å². The summed E-state index contributed by atoms with van der Waals surface area (Å²) in [6.45, 7) is 0.422. The Morgan fingerprint density at radius 2 is 1.94 bits per heavy atom. The first kappa shape index (κ1) is 14.0. The minimum absolute atomic E-state index is 0.341. The molecule has 1 atom stereocenters. The van der Waals surface area contributed by atoms with Crippen molar-refractivity contribution in [3.8, 4) is 0 Å². The molecule has 1 aliphatic rings. The molecular formula is C9H16F3N3O2. The Morgan fingerprint density at radius 1 is 1.41 bits per heavy atom. The number of aliphatic hydroxyl groups excluding tert-OH is 1. The molecule has 8 heteroatoms. The molecule has 1 heterocycles. The molecule has 0 amide bonds. The normalized spacial score (nSPS) is 22.7. The lowest BCUT2D eigenvalue weighted by molar-refractivity contribution is -0.161. The third-order valence-electron chi connectivity index (χ3n) is 2.87. The van der Waals surface area contributed by atoms with E-state index in [0.29, 0.717) is 25.9 Å². The smallest absolute Gasteiger partial charge is 0.400 e. The fourth-order valence-corrected chi connectivity index (χ4v) is 1.79. The molecule has 0 aliphatic carbocycles. The molecule has 0 bridgehead atoms. The Bertz CT molecular complexity index is 275. The minimum Gasteiger partial charge on any atom is -0.409 e. The maximum absolute atomic E-state index is 12.6. The number of nitrogens with two attached hydrogens (primary N) is 1. The van der Waals surface area contributed by atoms with E-state index in [-0.39, 0.29) is 6.54 Å². The molecule has 0 saturated carbocycles. The number of likely N-dealkylation sites (tertiary alicyclic amines) is 1. The second-order valence-corrected chi connectivity index (χ2v) is 4.15. The van der Waals surface area contributed by atoms with Crippen molar-refractivity contribution in [1.29, 1.82) is 0 Å². The number of halogens is 3. The van der Waals surface area contributed by atoms with Crippen molar-refractivity contribution in [2.45, 2.75) is 25.1 Å². The first-order valence-electron chi connectivity index (χ1n) is 5.29. The van der Waals surface area contributed by atoms with Crippen LogP contribution in [0, 0.1) is 5.92 Å². The van der Waals surface area contributed by atoms with Crippen molar-refractivity contribution in [2.24, 2.45) is 16.8 Å². The predicted octanol–water partition coefficient (Wildman–Crippen LogP) is 0.368. The van der Waals surface area contributed by atoms with E-state index in [1.807, 2.05) is 0 Å². The number of alkyl halides is 3. The summed E-state index contributed by atoms with van der Waals surface area (Å²) in [5.74, 6) is -2.80. The number of rotatable bonds is 3. The minimum atomic E-state index is -4.54. The third-order valence-corrected chi connectivity index (χ3v) is 2.87. The first-order chi connectivity index (χ1) is 7.84. The van der Waals surface area contributed by atoms with Gasteiger partial charge in [0.05, 0.1) is 6.10 Å². The van der Waals surface area contributed by atoms with Gasteiger partial charge in [0.1, 0.15) is 5.92 Å². The molecule has 5 nitrogen and oxygen atoms in total. The summed E-state index contributed by atoms with van der Waals surface area (Å²) in [6.07, 6.45) is -4.09. The highest BCUT2D eigenvalue weighted by atomic mass is 19.4. The lowest BCUT2D eigenvalue weighted by Gasteiger charge is -2.32. The van der Waals surface area contributed by atoms with Gasteiger partial charge in [-0.05, 0) is 12.8 Å². The summed E-state index contributed by atoms with van der Waals surface area (Å²) < 4.78 is 37.9. The molecule has 1 rings (SSSR count). The monoisotopic (exact) mass is 255 g/mol. The van der Waals surface area contributed by atoms with E-state index >= 15 is 0 Å². The second kappa shape index (κ2) is 5.54. The van der Waals surface area contributed by atoms with Gasteiger partial charge in [-0.2, -0.15) is 13.2 Å². The number of hydrogen-bond acceptors (Lipinski definition) is 4. The van der Waals surface area contributed by atoms with Gasteiger partial charge in [0, 0.05) is 19.6 Å². The zero-order chi connectivity index (χ0) is 13.1. The van der Waals surface area contributed by atoms with E-state index < -0.39 is 24.0 Å². The molecule has 0 aromatic carbocycles. The molecular weight excluding hydrogens is 239 g/mol. The van der Waals surface area contributed by atoms with Crippen molar-refractivity contribution in [3.05, 3.63) is 0 Å². The Morgan fingerprint density at radius 3 is 2.35 bits per heavy atom. The quantitative estimate of drug-likeness (QED) is 0.294. The topological polar surface area (TPSA) is 82.1 Å². The Hall–Kier alpha value is -1.02. The Balaban J connectivity index is 2.61. The van der Waals surface area contributed by atoms with Crippen LogP contribution in [-0.2, 0) is 0 Å². The molecule has 0 radical (unpaired) electrons. The van der Waals surface area contributed by atoms with Crippen LogP contribution in [0.25, 0.3) is 0 Å². The molecule has 0 aromatic rings. The summed E-state index contributed by atoms with van der Waals surface area (Å²) in [5, 5.41) is 20.0. The van der Waals surface area contributed by atoms with Crippen molar-refractivity contribution in [2.75, 3.05) is 19.6 Å². The van der Waals surface area contributed by atoms with Crippen molar-refractivity contribution >= 4 is 5.84 Å². The summed E-state index contributed by atoms with van der Waals surface area (Å²) in [5.41, 5.74) is 5.05. The highest BCUT2D eigenvalue weighted by molar-refractivity contribution is 5.83. The number of oxime groups is 1. The van der Waals surface area contributed by atoms with Crippen LogP contribution in [0.1, 0.15) is 12.8 Å². The predicted molar refractivity (Wildman–Crippen MR) is 54.6 cm³/mol. The lowest BCUT2D eigenvalue weighted by Crippen LogP contribution is -2.47. The van der Waals surface area contributed by atoms with Crippen molar-refractivity contribution in [1.82, 2.24) is 4.90 Å². The molecule has 4 N–H and O–H groups in total. The van der Waals surface area contributed by atoms with Crippen LogP contribution in [0.15, 0.2) is 5.16 Å². The fraction of sp³-hybridized carbons (Fsp3) is 0.889. The van der Waals surface area contributed by atoms with Gasteiger partial charge in [0.25, 0.3) is 0 Å². The summed E-state index contributed by atoms with van der Waals surface area (Å²) >= 11 is 0. The number of hydrogen-bond donors (Lipinski definition) is 3. The van der Waals surface area contributed by atoms with E-state index in [0.717, 1.165) is 0 Å². The van der Waals surface area contributed by atoms with Gasteiger partial charge in [0.2, 0.25) is 0 Å².